The van der Waals surface area contributed by atoms with E-state index in [2.05, 4.69) is 0 Å². The van der Waals surface area contributed by atoms with Crippen molar-refractivity contribution in [3.63, 3.8) is 0 Å². The summed E-state index contributed by atoms with van der Waals surface area (Å²) in [5.74, 6) is 0.0105. The largest absolute Gasteiger partial charge is 0.375 e. The maximum Gasteiger partial charge on any atom is 0.256 e. The van der Waals surface area contributed by atoms with Gasteiger partial charge >= 0.3 is 0 Å². The van der Waals surface area contributed by atoms with Crippen LogP contribution in [-0.2, 0) is 14.3 Å². The van der Waals surface area contributed by atoms with Crippen molar-refractivity contribution in [3.05, 3.63) is 35.9 Å². The van der Waals surface area contributed by atoms with Crippen molar-refractivity contribution in [2.45, 2.75) is 32.1 Å². The average Bonchev–Trinajstić information content (AvgIpc) is 2.44. The molecule has 4 heteroatoms. The minimum Gasteiger partial charge on any atom is -0.375 e. The van der Waals surface area contributed by atoms with Gasteiger partial charge in [-0.2, -0.15) is 0 Å². The fraction of sp³-hybridized carbons (Fsp3) is 0.533. The minimum absolute atomic E-state index is 0.0105. The number of morpholine rings is 1. The summed E-state index contributed by atoms with van der Waals surface area (Å²) in [6.45, 7) is 5.22. The molecule has 2 rings (SSSR count). The van der Waals surface area contributed by atoms with Crippen molar-refractivity contribution < 1.29 is 14.3 Å². The third-order valence-electron chi connectivity index (χ3n) is 3.73. The summed E-state index contributed by atoms with van der Waals surface area (Å²) in [5, 5.41) is 0. The molecule has 0 aromatic heterocycles. The van der Waals surface area contributed by atoms with Crippen molar-refractivity contribution in [3.8, 4) is 0 Å². The molecule has 1 aromatic carbocycles. The van der Waals surface area contributed by atoms with Crippen molar-refractivity contribution in [2.24, 2.45) is 0 Å². The van der Waals surface area contributed by atoms with Gasteiger partial charge in [-0.15, -0.1) is 0 Å². The second-order valence-electron chi connectivity index (χ2n) is 4.87. The predicted octanol–water partition coefficient (Wildman–Crippen LogP) is 2.01. The zero-order valence-corrected chi connectivity index (χ0v) is 11.7. The first kappa shape index (κ1) is 14.0. The third-order valence-corrected chi connectivity index (χ3v) is 3.73. The number of methoxy groups -OCH3 is 1. The van der Waals surface area contributed by atoms with E-state index in [1.165, 1.54) is 0 Å². The number of hydrogen-bond acceptors (Lipinski definition) is 3. The van der Waals surface area contributed by atoms with Gasteiger partial charge in [0.2, 0.25) is 0 Å². The van der Waals surface area contributed by atoms with E-state index in [1.54, 1.807) is 7.11 Å². The Morgan fingerprint density at radius 3 is 2.68 bits per heavy atom. The van der Waals surface area contributed by atoms with Gasteiger partial charge in [-0.1, -0.05) is 30.3 Å². The molecule has 1 aliphatic rings. The van der Waals surface area contributed by atoms with Crippen LogP contribution in [0.3, 0.4) is 0 Å². The summed E-state index contributed by atoms with van der Waals surface area (Å²) in [4.78, 5) is 14.5. The molecule has 0 saturated carbocycles. The number of nitrogens with zero attached hydrogens (tertiary/aromatic N) is 1. The van der Waals surface area contributed by atoms with Crippen LogP contribution >= 0.6 is 0 Å². The van der Waals surface area contributed by atoms with Gasteiger partial charge in [-0.05, 0) is 19.4 Å². The highest BCUT2D eigenvalue weighted by Gasteiger charge is 2.33. The topological polar surface area (TPSA) is 38.8 Å². The van der Waals surface area contributed by atoms with Gasteiger partial charge in [0.05, 0.1) is 18.8 Å². The number of ether oxygens (including phenoxy) is 2. The average molecular weight is 263 g/mol. The van der Waals surface area contributed by atoms with Crippen LogP contribution in [0.1, 0.15) is 25.5 Å². The summed E-state index contributed by atoms with van der Waals surface area (Å²) in [6.07, 6.45) is -0.472. The third kappa shape index (κ3) is 2.96. The van der Waals surface area contributed by atoms with Gasteiger partial charge in [-0.3, -0.25) is 4.79 Å². The van der Waals surface area contributed by atoms with Gasteiger partial charge in [0.15, 0.2) is 6.10 Å². The molecule has 3 atom stereocenters. The molecule has 104 valence electrons. The summed E-state index contributed by atoms with van der Waals surface area (Å²) < 4.78 is 11.0. The number of benzene rings is 1. The van der Waals surface area contributed by atoms with Crippen LogP contribution in [0.2, 0.25) is 0 Å². The van der Waals surface area contributed by atoms with E-state index in [0.29, 0.717) is 13.2 Å². The molecule has 0 aliphatic carbocycles. The molecular formula is C15H21NO3. The second-order valence-corrected chi connectivity index (χ2v) is 4.87. The molecule has 0 radical (unpaired) electrons. The van der Waals surface area contributed by atoms with Crippen LogP contribution in [0.5, 0.6) is 0 Å². The van der Waals surface area contributed by atoms with Gasteiger partial charge in [0, 0.05) is 13.7 Å². The van der Waals surface area contributed by atoms with E-state index in [9.17, 15) is 4.79 Å². The standard InChI is InChI=1S/C15H21NO3/c1-11-12(2)19-10-9-16(11)15(17)14(18-3)13-7-5-4-6-8-13/h4-8,11-12,14H,9-10H2,1-3H3/t11-,12+,14+/m0/s1. The van der Waals surface area contributed by atoms with Gasteiger partial charge in [0.25, 0.3) is 5.91 Å². The van der Waals surface area contributed by atoms with Crippen LogP contribution in [0.4, 0.5) is 0 Å². The molecule has 1 fully saturated rings. The Hall–Kier alpha value is -1.39. The molecule has 0 unspecified atom stereocenters. The molecule has 1 aromatic rings. The van der Waals surface area contributed by atoms with Crippen molar-refractivity contribution in [1.82, 2.24) is 4.90 Å². The highest BCUT2D eigenvalue weighted by Crippen LogP contribution is 2.23. The Labute approximate surface area is 114 Å². The van der Waals surface area contributed by atoms with Crippen LogP contribution in [0, 0.1) is 0 Å². The number of carbonyl (C=O) groups excluding carboxylic acids is 1. The van der Waals surface area contributed by atoms with E-state index in [0.717, 1.165) is 5.56 Å². The van der Waals surface area contributed by atoms with E-state index < -0.39 is 6.10 Å². The smallest absolute Gasteiger partial charge is 0.256 e. The fourth-order valence-electron chi connectivity index (χ4n) is 2.40. The number of amides is 1. The van der Waals surface area contributed by atoms with E-state index in [4.69, 9.17) is 9.47 Å². The second kappa shape index (κ2) is 6.17. The van der Waals surface area contributed by atoms with E-state index in [-0.39, 0.29) is 18.1 Å². The van der Waals surface area contributed by atoms with Gasteiger partial charge in [-0.25, -0.2) is 0 Å². The highest BCUT2D eigenvalue weighted by molar-refractivity contribution is 5.82. The Balaban J connectivity index is 2.17. The van der Waals surface area contributed by atoms with Crippen molar-refractivity contribution in [2.75, 3.05) is 20.3 Å². The Morgan fingerprint density at radius 1 is 1.37 bits per heavy atom. The molecule has 4 nitrogen and oxygen atoms in total. The summed E-state index contributed by atoms with van der Waals surface area (Å²) in [5.41, 5.74) is 0.890. The molecular weight excluding hydrogens is 242 g/mol. The Morgan fingerprint density at radius 2 is 2.05 bits per heavy atom. The first-order valence-electron chi connectivity index (χ1n) is 6.65. The van der Waals surface area contributed by atoms with Crippen molar-refractivity contribution >= 4 is 5.91 Å². The molecule has 1 heterocycles. The molecule has 0 spiro atoms. The predicted molar refractivity (Wildman–Crippen MR) is 72.8 cm³/mol. The normalized spacial score (nSPS) is 25.1. The van der Waals surface area contributed by atoms with E-state index in [1.807, 2.05) is 49.1 Å². The zero-order chi connectivity index (χ0) is 13.8. The molecule has 19 heavy (non-hydrogen) atoms. The van der Waals surface area contributed by atoms with Crippen molar-refractivity contribution in [1.29, 1.82) is 0 Å². The monoisotopic (exact) mass is 263 g/mol. The van der Waals surface area contributed by atoms with Crippen LogP contribution in [-0.4, -0.2) is 43.2 Å². The van der Waals surface area contributed by atoms with Gasteiger partial charge < -0.3 is 14.4 Å². The summed E-state index contributed by atoms with van der Waals surface area (Å²) in [6, 6.07) is 9.67. The molecule has 1 saturated heterocycles. The quantitative estimate of drug-likeness (QED) is 0.837. The zero-order valence-electron chi connectivity index (χ0n) is 11.7. The molecule has 1 amide bonds. The van der Waals surface area contributed by atoms with Crippen LogP contribution in [0.25, 0.3) is 0 Å². The molecule has 1 aliphatic heterocycles. The first-order valence-corrected chi connectivity index (χ1v) is 6.65. The number of carbonyl (C=O) groups is 1. The lowest BCUT2D eigenvalue weighted by Crippen LogP contribution is -2.52. The lowest BCUT2D eigenvalue weighted by atomic mass is 10.1. The molecule has 0 bridgehead atoms. The number of hydrogen-bond donors (Lipinski definition) is 0. The number of rotatable bonds is 3. The summed E-state index contributed by atoms with van der Waals surface area (Å²) >= 11 is 0. The maximum atomic E-state index is 12.6. The Kier molecular flexibility index (Phi) is 4.56. The maximum absolute atomic E-state index is 12.6. The summed E-state index contributed by atoms with van der Waals surface area (Å²) in [7, 11) is 1.57. The Bertz CT molecular complexity index is 421. The highest BCUT2D eigenvalue weighted by atomic mass is 16.5. The fourth-order valence-corrected chi connectivity index (χ4v) is 2.40. The SMILES string of the molecule is CO[C@@H](C(=O)N1CCO[C@H](C)[C@@H]1C)c1ccccc1. The first-order chi connectivity index (χ1) is 9.15. The van der Waals surface area contributed by atoms with Crippen LogP contribution in [0.15, 0.2) is 30.3 Å². The van der Waals surface area contributed by atoms with Gasteiger partial charge in [0.1, 0.15) is 0 Å². The van der Waals surface area contributed by atoms with Crippen LogP contribution < -0.4 is 0 Å². The minimum atomic E-state index is -0.533. The van der Waals surface area contributed by atoms with E-state index >= 15 is 0 Å². The lowest BCUT2D eigenvalue weighted by molar-refractivity contribution is -0.155. The lowest BCUT2D eigenvalue weighted by Gasteiger charge is -2.39. The molecule has 0 N–H and O–H groups in total.